The summed E-state index contributed by atoms with van der Waals surface area (Å²) in [7, 11) is 3.23. The number of nitrogen functional groups attached to an aromatic ring is 1. The minimum absolute atomic E-state index is 0.236. The van der Waals surface area contributed by atoms with Gasteiger partial charge in [0.1, 0.15) is 28.2 Å². The molecule has 0 aliphatic heterocycles. The Hall–Kier alpha value is -4.50. The van der Waals surface area contributed by atoms with Gasteiger partial charge in [-0.3, -0.25) is 4.79 Å². The van der Waals surface area contributed by atoms with Crippen LogP contribution in [-0.4, -0.2) is 42.2 Å². The number of aromatic nitrogens is 3. The number of rotatable bonds is 9. The van der Waals surface area contributed by atoms with E-state index in [1.807, 2.05) is 55.5 Å². The Kier molecular flexibility index (Phi) is 6.70. The van der Waals surface area contributed by atoms with E-state index in [0.717, 1.165) is 17.4 Å². The van der Waals surface area contributed by atoms with Crippen LogP contribution in [0.3, 0.4) is 0 Å². The maximum atomic E-state index is 13.0. The quantitative estimate of drug-likeness (QED) is 0.275. The summed E-state index contributed by atoms with van der Waals surface area (Å²) in [5.41, 5.74) is 8.80. The molecule has 0 aliphatic carbocycles. The van der Waals surface area contributed by atoms with E-state index < -0.39 is 0 Å². The summed E-state index contributed by atoms with van der Waals surface area (Å²) in [5, 5.41) is 5.84. The summed E-state index contributed by atoms with van der Waals surface area (Å²) in [6.45, 7) is 3.05. The van der Waals surface area contributed by atoms with Crippen LogP contribution in [0.2, 0.25) is 0 Å². The van der Waals surface area contributed by atoms with E-state index in [2.05, 4.69) is 4.98 Å². The largest absolute Gasteiger partial charge is 0.493 e. The minimum Gasteiger partial charge on any atom is -0.493 e. The lowest BCUT2D eigenvalue weighted by atomic mass is 10.1. The summed E-state index contributed by atoms with van der Waals surface area (Å²) >= 11 is 0. The number of benzene rings is 3. The summed E-state index contributed by atoms with van der Waals surface area (Å²) in [5.74, 6) is 2.65. The number of aromatic amines is 1. The number of hydrogen-bond acceptors (Lipinski definition) is 7. The Morgan fingerprint density at radius 3 is 2.54 bits per heavy atom. The van der Waals surface area contributed by atoms with Crippen molar-refractivity contribution in [2.75, 3.05) is 33.2 Å². The molecule has 0 spiro atoms. The van der Waals surface area contributed by atoms with Gasteiger partial charge in [0.25, 0.3) is 5.56 Å². The maximum absolute atomic E-state index is 13.0. The molecule has 5 aromatic rings. The SMILES string of the molecule is COCCCOc1ccc2c(c1)[nH]c(=O)c1c(N)n(-c3cc(OC)c(Oc4ccccc4)cc3C)nc12. The molecule has 0 saturated carbocycles. The number of para-hydroxylation sites is 1. The first-order chi connectivity index (χ1) is 18.0. The zero-order chi connectivity index (χ0) is 25.9. The zero-order valence-electron chi connectivity index (χ0n) is 20.9. The number of anilines is 1. The molecule has 3 N–H and O–H groups in total. The van der Waals surface area contributed by atoms with Crippen LogP contribution in [0, 0.1) is 6.92 Å². The standard InChI is InChI=1S/C28H28N4O5/c1-17-14-24(37-18-8-5-4-6-9-18)23(35-3)16-22(17)32-27(29)25-26(31-32)20-11-10-19(36-13-7-12-34-2)15-21(20)30-28(25)33/h4-6,8-11,14-16H,7,12-13,29H2,1-3H3,(H,30,33). The van der Waals surface area contributed by atoms with Crippen molar-refractivity contribution in [3.63, 3.8) is 0 Å². The number of methoxy groups -OCH3 is 2. The second kappa shape index (κ2) is 10.2. The molecule has 0 atom stereocenters. The third-order valence-corrected chi connectivity index (χ3v) is 6.09. The molecule has 2 aromatic heterocycles. The molecule has 0 radical (unpaired) electrons. The molecule has 0 fully saturated rings. The van der Waals surface area contributed by atoms with Crippen LogP contribution < -0.4 is 25.5 Å². The van der Waals surface area contributed by atoms with E-state index in [-0.39, 0.29) is 11.4 Å². The third kappa shape index (κ3) is 4.68. The van der Waals surface area contributed by atoms with Crippen molar-refractivity contribution in [1.82, 2.24) is 14.8 Å². The number of H-pyrrole nitrogens is 1. The normalized spacial score (nSPS) is 11.2. The van der Waals surface area contributed by atoms with Gasteiger partial charge in [0.15, 0.2) is 11.5 Å². The van der Waals surface area contributed by atoms with Gasteiger partial charge in [-0.25, -0.2) is 4.68 Å². The van der Waals surface area contributed by atoms with Gasteiger partial charge >= 0.3 is 0 Å². The second-order valence-corrected chi connectivity index (χ2v) is 8.58. The Labute approximate surface area is 213 Å². The first-order valence-electron chi connectivity index (χ1n) is 11.9. The predicted octanol–water partition coefficient (Wildman–Crippen LogP) is 4.97. The van der Waals surface area contributed by atoms with Crippen LogP contribution in [0.1, 0.15) is 12.0 Å². The fourth-order valence-electron chi connectivity index (χ4n) is 4.26. The predicted molar refractivity (Wildman–Crippen MR) is 143 cm³/mol. The second-order valence-electron chi connectivity index (χ2n) is 8.58. The van der Waals surface area contributed by atoms with Gasteiger partial charge in [-0.15, -0.1) is 0 Å². The van der Waals surface area contributed by atoms with Gasteiger partial charge in [-0.05, 0) is 42.8 Å². The van der Waals surface area contributed by atoms with Gasteiger partial charge in [0.05, 0.1) is 24.9 Å². The van der Waals surface area contributed by atoms with Gasteiger partial charge in [-0.1, -0.05) is 18.2 Å². The minimum atomic E-state index is -0.323. The molecule has 0 bridgehead atoms. The Balaban J connectivity index is 1.56. The molecule has 0 aliphatic rings. The first kappa shape index (κ1) is 24.2. The monoisotopic (exact) mass is 500 g/mol. The summed E-state index contributed by atoms with van der Waals surface area (Å²) in [4.78, 5) is 16.0. The van der Waals surface area contributed by atoms with Gasteiger partial charge in [0, 0.05) is 37.7 Å². The van der Waals surface area contributed by atoms with Gasteiger partial charge in [-0.2, -0.15) is 5.10 Å². The fraction of sp³-hybridized carbons (Fsp3) is 0.214. The number of ether oxygens (including phenoxy) is 4. The van der Waals surface area contributed by atoms with Crippen molar-refractivity contribution in [3.8, 4) is 28.7 Å². The molecule has 190 valence electrons. The first-order valence-corrected chi connectivity index (χ1v) is 11.9. The number of nitrogens with one attached hydrogen (secondary N) is 1. The van der Waals surface area contributed by atoms with E-state index in [1.165, 1.54) is 0 Å². The highest BCUT2D eigenvalue weighted by molar-refractivity contribution is 6.07. The number of fused-ring (bicyclic) bond motifs is 3. The number of pyridine rings is 1. The molecule has 9 nitrogen and oxygen atoms in total. The molecule has 37 heavy (non-hydrogen) atoms. The van der Waals surface area contributed by atoms with Crippen LogP contribution in [0.5, 0.6) is 23.0 Å². The zero-order valence-corrected chi connectivity index (χ0v) is 20.9. The van der Waals surface area contributed by atoms with Crippen LogP contribution in [0.4, 0.5) is 5.82 Å². The van der Waals surface area contributed by atoms with E-state index in [1.54, 1.807) is 31.0 Å². The molecule has 0 saturated heterocycles. The smallest absolute Gasteiger partial charge is 0.261 e. The molecule has 5 rings (SSSR count). The van der Waals surface area contributed by atoms with Crippen molar-refractivity contribution < 1.29 is 18.9 Å². The van der Waals surface area contributed by atoms with Crippen molar-refractivity contribution in [2.24, 2.45) is 0 Å². The number of nitrogens with zero attached hydrogens (tertiary/aromatic N) is 2. The van der Waals surface area contributed by atoms with Crippen LogP contribution >= 0.6 is 0 Å². The molecule has 0 unspecified atom stereocenters. The molecule has 0 amide bonds. The van der Waals surface area contributed by atoms with Crippen molar-refractivity contribution in [3.05, 3.63) is 76.6 Å². The Bertz CT molecular complexity index is 1630. The molecule has 9 heteroatoms. The van der Waals surface area contributed by atoms with Gasteiger partial charge < -0.3 is 29.7 Å². The van der Waals surface area contributed by atoms with Crippen molar-refractivity contribution in [1.29, 1.82) is 0 Å². The lowest BCUT2D eigenvalue weighted by Gasteiger charge is -2.15. The average molecular weight is 501 g/mol. The van der Waals surface area contributed by atoms with Gasteiger partial charge in [0.2, 0.25) is 0 Å². The third-order valence-electron chi connectivity index (χ3n) is 6.09. The van der Waals surface area contributed by atoms with E-state index in [4.69, 9.17) is 29.8 Å². The summed E-state index contributed by atoms with van der Waals surface area (Å²) in [6.07, 6.45) is 0.767. The lowest BCUT2D eigenvalue weighted by Crippen LogP contribution is -2.09. The average Bonchev–Trinajstić information content (AvgIpc) is 3.25. The molecular formula is C28H28N4O5. The highest BCUT2D eigenvalue weighted by atomic mass is 16.5. The summed E-state index contributed by atoms with van der Waals surface area (Å²) < 4.78 is 24.0. The Morgan fingerprint density at radius 1 is 0.973 bits per heavy atom. The Morgan fingerprint density at radius 2 is 1.78 bits per heavy atom. The topological polar surface area (TPSA) is 114 Å². The highest BCUT2D eigenvalue weighted by Gasteiger charge is 2.20. The van der Waals surface area contributed by atoms with E-state index in [9.17, 15) is 4.79 Å². The fourth-order valence-corrected chi connectivity index (χ4v) is 4.26. The van der Waals surface area contributed by atoms with Crippen LogP contribution in [-0.2, 0) is 4.74 Å². The van der Waals surface area contributed by atoms with Crippen molar-refractivity contribution >= 4 is 27.6 Å². The number of hydrogen-bond donors (Lipinski definition) is 2. The molecule has 2 heterocycles. The maximum Gasteiger partial charge on any atom is 0.261 e. The lowest BCUT2D eigenvalue weighted by molar-refractivity contribution is 0.172. The van der Waals surface area contributed by atoms with Crippen molar-refractivity contribution in [2.45, 2.75) is 13.3 Å². The van der Waals surface area contributed by atoms with E-state index in [0.29, 0.717) is 58.3 Å². The molecule has 3 aromatic carbocycles. The molecular weight excluding hydrogens is 472 g/mol. The number of nitrogens with two attached hydrogens (primary N) is 1. The van der Waals surface area contributed by atoms with Crippen LogP contribution in [0.15, 0.2) is 65.5 Å². The van der Waals surface area contributed by atoms with Crippen LogP contribution in [0.25, 0.3) is 27.5 Å². The summed E-state index contributed by atoms with van der Waals surface area (Å²) in [6, 6.07) is 18.7. The van der Waals surface area contributed by atoms with E-state index >= 15 is 0 Å². The number of aryl methyl sites for hydroxylation is 1. The highest BCUT2D eigenvalue weighted by Crippen LogP contribution is 2.37.